The molecule has 18 heavy (non-hydrogen) atoms. The smallest absolute Gasteiger partial charge is 0.358 e. The van der Waals surface area contributed by atoms with Gasteiger partial charge >= 0.3 is 5.97 Å². The Labute approximate surface area is 108 Å². The molecule has 7 heteroatoms. The summed E-state index contributed by atoms with van der Waals surface area (Å²) in [4.78, 5) is 27.6. The molecule has 0 aliphatic rings. The molecular formula is C11H10N4O2S. The van der Waals surface area contributed by atoms with Crippen LogP contribution >= 0.6 is 11.8 Å². The van der Waals surface area contributed by atoms with Crippen LogP contribution in [0.4, 0.5) is 0 Å². The van der Waals surface area contributed by atoms with Crippen molar-refractivity contribution in [2.45, 2.75) is 17.1 Å². The van der Waals surface area contributed by atoms with Gasteiger partial charge < -0.3 is 4.74 Å². The Balaban J connectivity index is 2.13. The molecule has 0 aliphatic carbocycles. The second-order valence-corrected chi connectivity index (χ2v) is 4.30. The monoisotopic (exact) mass is 262 g/mol. The first-order chi connectivity index (χ1) is 8.69. The van der Waals surface area contributed by atoms with E-state index in [0.29, 0.717) is 10.2 Å². The Morgan fingerprint density at radius 3 is 2.72 bits per heavy atom. The lowest BCUT2D eigenvalue weighted by molar-refractivity contribution is 0.0593. The fourth-order valence-electron chi connectivity index (χ4n) is 1.15. The highest BCUT2D eigenvalue weighted by Crippen LogP contribution is 2.21. The van der Waals surface area contributed by atoms with Crippen LogP contribution in [0.5, 0.6) is 0 Å². The van der Waals surface area contributed by atoms with Crippen LogP contribution in [0, 0.1) is 6.92 Å². The molecule has 2 aromatic rings. The van der Waals surface area contributed by atoms with Crippen LogP contribution in [0.15, 0.2) is 34.8 Å². The number of esters is 1. The van der Waals surface area contributed by atoms with Gasteiger partial charge in [-0.3, -0.25) is 0 Å². The maximum Gasteiger partial charge on any atom is 0.358 e. The number of carbonyl (C=O) groups excluding carboxylic acids is 1. The van der Waals surface area contributed by atoms with E-state index >= 15 is 0 Å². The van der Waals surface area contributed by atoms with Gasteiger partial charge in [0.15, 0.2) is 10.9 Å². The molecule has 6 nitrogen and oxygen atoms in total. The van der Waals surface area contributed by atoms with Crippen molar-refractivity contribution < 1.29 is 9.53 Å². The molecule has 2 aromatic heterocycles. The van der Waals surface area contributed by atoms with E-state index in [1.807, 2.05) is 13.0 Å². The number of rotatable bonds is 3. The number of nitrogens with zero attached hydrogens (tertiary/aromatic N) is 4. The van der Waals surface area contributed by atoms with Crippen LogP contribution < -0.4 is 0 Å². The van der Waals surface area contributed by atoms with Crippen molar-refractivity contribution in [1.29, 1.82) is 0 Å². The third kappa shape index (κ3) is 3.01. The second kappa shape index (κ2) is 5.54. The van der Waals surface area contributed by atoms with Gasteiger partial charge in [-0.05, 0) is 24.8 Å². The van der Waals surface area contributed by atoms with Crippen molar-refractivity contribution in [3.8, 4) is 0 Å². The van der Waals surface area contributed by atoms with E-state index < -0.39 is 5.97 Å². The van der Waals surface area contributed by atoms with Gasteiger partial charge in [-0.25, -0.2) is 24.7 Å². The summed E-state index contributed by atoms with van der Waals surface area (Å²) in [6.07, 6.45) is 4.54. The molecule has 0 fully saturated rings. The largest absolute Gasteiger partial charge is 0.464 e. The highest BCUT2D eigenvalue weighted by molar-refractivity contribution is 7.99. The van der Waals surface area contributed by atoms with Crippen molar-refractivity contribution in [1.82, 2.24) is 19.9 Å². The summed E-state index contributed by atoms with van der Waals surface area (Å²) >= 11 is 1.28. The highest BCUT2D eigenvalue weighted by atomic mass is 32.2. The van der Waals surface area contributed by atoms with Gasteiger partial charge in [0.2, 0.25) is 0 Å². The molecule has 0 saturated carbocycles. The number of carbonyl (C=O) groups is 1. The van der Waals surface area contributed by atoms with Crippen LogP contribution in [-0.4, -0.2) is 33.0 Å². The van der Waals surface area contributed by atoms with E-state index in [1.165, 1.54) is 31.3 Å². The minimum absolute atomic E-state index is 0.173. The van der Waals surface area contributed by atoms with Crippen LogP contribution in [0.3, 0.4) is 0 Å². The zero-order valence-electron chi connectivity index (χ0n) is 9.82. The summed E-state index contributed by atoms with van der Waals surface area (Å²) in [7, 11) is 1.30. The average Bonchev–Trinajstić information content (AvgIpc) is 2.39. The van der Waals surface area contributed by atoms with Crippen molar-refractivity contribution >= 4 is 17.7 Å². The second-order valence-electron chi connectivity index (χ2n) is 3.31. The van der Waals surface area contributed by atoms with Gasteiger partial charge in [-0.15, -0.1) is 0 Å². The maximum atomic E-state index is 11.2. The first-order valence-electron chi connectivity index (χ1n) is 5.07. The summed E-state index contributed by atoms with van der Waals surface area (Å²) in [5, 5.41) is 1.21. The Morgan fingerprint density at radius 1 is 1.28 bits per heavy atom. The number of ether oxygens (including phenoxy) is 1. The quantitative estimate of drug-likeness (QED) is 0.612. The molecule has 0 aromatic carbocycles. The molecule has 0 aliphatic heterocycles. The number of hydrogen-bond acceptors (Lipinski definition) is 7. The highest BCUT2D eigenvalue weighted by Gasteiger charge is 2.08. The third-order valence-corrected chi connectivity index (χ3v) is 2.79. The first-order valence-corrected chi connectivity index (χ1v) is 5.88. The van der Waals surface area contributed by atoms with E-state index in [2.05, 4.69) is 24.7 Å². The van der Waals surface area contributed by atoms with Gasteiger partial charge in [0.05, 0.1) is 19.5 Å². The minimum Gasteiger partial charge on any atom is -0.464 e. The van der Waals surface area contributed by atoms with Gasteiger partial charge in [0.25, 0.3) is 0 Å². The molecule has 0 spiro atoms. The number of hydrogen-bond donors (Lipinski definition) is 0. The summed E-state index contributed by atoms with van der Waals surface area (Å²) in [5.41, 5.74) is 1.05. The fourth-order valence-corrected chi connectivity index (χ4v) is 1.85. The van der Waals surface area contributed by atoms with E-state index in [0.717, 1.165) is 5.69 Å². The van der Waals surface area contributed by atoms with Crippen LogP contribution in [-0.2, 0) is 4.74 Å². The van der Waals surface area contributed by atoms with Crippen molar-refractivity contribution in [2.75, 3.05) is 7.11 Å². The van der Waals surface area contributed by atoms with Gasteiger partial charge in [0, 0.05) is 11.9 Å². The lowest BCUT2D eigenvalue weighted by Gasteiger charge is -2.01. The molecular weight excluding hydrogens is 252 g/mol. The predicted molar refractivity (Wildman–Crippen MR) is 64.3 cm³/mol. The third-order valence-electron chi connectivity index (χ3n) is 1.99. The molecule has 0 radical (unpaired) electrons. The molecule has 0 amide bonds. The summed E-state index contributed by atoms with van der Waals surface area (Å²) in [6, 6.07) is 1.82. The summed E-state index contributed by atoms with van der Waals surface area (Å²) in [6.45, 7) is 1.89. The van der Waals surface area contributed by atoms with E-state index in [9.17, 15) is 4.79 Å². The maximum absolute atomic E-state index is 11.2. The van der Waals surface area contributed by atoms with Crippen LogP contribution in [0.2, 0.25) is 0 Å². The molecule has 0 saturated heterocycles. The zero-order valence-corrected chi connectivity index (χ0v) is 10.6. The lowest BCUT2D eigenvalue weighted by Crippen LogP contribution is -2.04. The number of methoxy groups -OCH3 is 1. The SMILES string of the molecule is COC(=O)c1cnc(Sc2nccc(C)n2)cn1. The van der Waals surface area contributed by atoms with Crippen molar-refractivity contribution in [3.63, 3.8) is 0 Å². The van der Waals surface area contributed by atoms with Crippen LogP contribution in [0.1, 0.15) is 16.2 Å². The summed E-state index contributed by atoms with van der Waals surface area (Å²) in [5.74, 6) is -0.508. The van der Waals surface area contributed by atoms with Gasteiger partial charge in [0.1, 0.15) is 5.03 Å². The topological polar surface area (TPSA) is 77.9 Å². The lowest BCUT2D eigenvalue weighted by atomic mass is 10.5. The fraction of sp³-hybridized carbons (Fsp3) is 0.182. The standard InChI is InChI=1S/C11H10N4O2S/c1-7-3-4-12-11(15-7)18-9-6-13-8(5-14-9)10(16)17-2/h3-6H,1-2H3. The Morgan fingerprint density at radius 2 is 2.11 bits per heavy atom. The molecule has 0 N–H and O–H groups in total. The van der Waals surface area contributed by atoms with E-state index in [4.69, 9.17) is 0 Å². The molecule has 2 heterocycles. The number of aryl methyl sites for hydroxylation is 1. The Kier molecular flexibility index (Phi) is 3.83. The van der Waals surface area contributed by atoms with Crippen molar-refractivity contribution in [3.05, 3.63) is 36.0 Å². The van der Waals surface area contributed by atoms with Gasteiger partial charge in [-0.2, -0.15) is 0 Å². The van der Waals surface area contributed by atoms with E-state index in [-0.39, 0.29) is 5.69 Å². The molecule has 0 bridgehead atoms. The summed E-state index contributed by atoms with van der Waals surface area (Å²) < 4.78 is 4.54. The first kappa shape index (κ1) is 12.4. The molecule has 0 unspecified atom stereocenters. The normalized spacial score (nSPS) is 10.1. The average molecular weight is 262 g/mol. The van der Waals surface area contributed by atoms with Crippen molar-refractivity contribution in [2.24, 2.45) is 0 Å². The van der Waals surface area contributed by atoms with Gasteiger partial charge in [-0.1, -0.05) is 0 Å². The molecule has 0 atom stereocenters. The molecule has 2 rings (SSSR count). The Hall–Kier alpha value is -2.02. The van der Waals surface area contributed by atoms with E-state index in [1.54, 1.807) is 6.20 Å². The van der Waals surface area contributed by atoms with Crippen LogP contribution in [0.25, 0.3) is 0 Å². The predicted octanol–water partition coefficient (Wildman–Crippen LogP) is 1.51. The molecule has 92 valence electrons. The minimum atomic E-state index is -0.508. The zero-order chi connectivity index (χ0) is 13.0. The number of aromatic nitrogens is 4. The Bertz CT molecular complexity index is 559.